The van der Waals surface area contributed by atoms with Crippen LogP contribution in [0.5, 0.6) is 0 Å². The maximum Gasteiger partial charge on any atom is 0.252 e. The van der Waals surface area contributed by atoms with Crippen LogP contribution in [-0.4, -0.2) is 4.98 Å². The van der Waals surface area contributed by atoms with Crippen molar-refractivity contribution in [3.8, 4) is 11.1 Å². The van der Waals surface area contributed by atoms with Gasteiger partial charge in [-0.15, -0.1) is 0 Å². The topological polar surface area (TPSA) is 12.9 Å². The molecule has 0 amide bonds. The minimum atomic E-state index is -1.63. The monoisotopic (exact) mass is 345 g/mol. The van der Waals surface area contributed by atoms with Crippen molar-refractivity contribution in [3.05, 3.63) is 49.9 Å². The average molecular weight is 347 g/mol. The summed E-state index contributed by atoms with van der Waals surface area (Å²) in [4.78, 5) is 2.69. The van der Waals surface area contributed by atoms with Crippen LogP contribution in [0.1, 0.15) is 0 Å². The fraction of sp³-hybridized carbons (Fsp3) is 0. The van der Waals surface area contributed by atoms with E-state index >= 15 is 0 Å². The van der Waals surface area contributed by atoms with E-state index < -0.39 is 28.3 Å². The summed E-state index contributed by atoms with van der Waals surface area (Å²) in [6, 6.07) is 2.55. The minimum absolute atomic E-state index is 0.0751. The van der Waals surface area contributed by atoms with Gasteiger partial charge in [0.05, 0.1) is 15.1 Å². The normalized spacial score (nSPS) is 10.9. The molecular weight excluding hydrogens is 345 g/mol. The molecule has 0 N–H and O–H groups in total. The molecule has 1 heterocycles. The van der Waals surface area contributed by atoms with Gasteiger partial charge in [0.2, 0.25) is 5.95 Å². The first-order valence-corrected chi connectivity index (χ1v) is 6.19. The second-order valence-electron chi connectivity index (χ2n) is 3.42. The Balaban J connectivity index is 2.83. The van der Waals surface area contributed by atoms with Crippen LogP contribution in [0.15, 0.2) is 12.1 Å². The number of benzene rings is 1. The Morgan fingerprint density at radius 2 is 1.42 bits per heavy atom. The molecule has 1 nitrogen and oxygen atoms in total. The molecule has 1 aromatic carbocycles. The van der Waals surface area contributed by atoms with E-state index in [1.54, 1.807) is 0 Å². The van der Waals surface area contributed by atoms with E-state index in [1.165, 1.54) is 12.1 Å². The average Bonchev–Trinajstić information content (AvgIpc) is 2.36. The Labute approximate surface area is 125 Å². The van der Waals surface area contributed by atoms with E-state index in [9.17, 15) is 13.2 Å². The van der Waals surface area contributed by atoms with E-state index in [0.717, 1.165) is 0 Å². The molecule has 2 aromatic rings. The van der Waals surface area contributed by atoms with Gasteiger partial charge in [-0.25, -0.2) is 4.39 Å². The lowest BCUT2D eigenvalue weighted by atomic mass is 10.1. The molecule has 19 heavy (non-hydrogen) atoms. The van der Waals surface area contributed by atoms with Crippen LogP contribution in [0.2, 0.25) is 20.1 Å². The van der Waals surface area contributed by atoms with E-state index in [2.05, 4.69) is 4.98 Å². The summed E-state index contributed by atoms with van der Waals surface area (Å²) in [6.45, 7) is 0. The summed E-state index contributed by atoms with van der Waals surface area (Å²) in [6.07, 6.45) is 0. The standard InChI is InChI=1S/C11H2Cl4F3N/c12-4-2-1-3(6(13)7(4)14)5-8(15)10(17)19-11(18)9(5)16/h1-2H. The van der Waals surface area contributed by atoms with Crippen LogP contribution in [0.3, 0.4) is 0 Å². The van der Waals surface area contributed by atoms with Crippen molar-refractivity contribution in [2.45, 2.75) is 0 Å². The molecule has 0 atom stereocenters. The van der Waals surface area contributed by atoms with Crippen molar-refractivity contribution in [3.63, 3.8) is 0 Å². The third-order valence-corrected chi connectivity index (χ3v) is 3.94. The highest BCUT2D eigenvalue weighted by Crippen LogP contribution is 2.42. The number of hydrogen-bond donors (Lipinski definition) is 0. The van der Waals surface area contributed by atoms with E-state index in [-0.39, 0.29) is 20.6 Å². The first-order valence-electron chi connectivity index (χ1n) is 4.68. The molecule has 0 radical (unpaired) electrons. The van der Waals surface area contributed by atoms with Gasteiger partial charge in [0.15, 0.2) is 5.82 Å². The van der Waals surface area contributed by atoms with Gasteiger partial charge in [0, 0.05) is 11.1 Å². The Kier molecular flexibility index (Phi) is 4.16. The fourth-order valence-electron chi connectivity index (χ4n) is 1.44. The second-order valence-corrected chi connectivity index (χ2v) is 4.96. The van der Waals surface area contributed by atoms with E-state index in [1.807, 2.05) is 0 Å². The highest BCUT2D eigenvalue weighted by molar-refractivity contribution is 6.49. The van der Waals surface area contributed by atoms with Crippen molar-refractivity contribution in [1.82, 2.24) is 4.98 Å². The summed E-state index contributed by atoms with van der Waals surface area (Å²) >= 11 is 23.0. The number of nitrogens with zero attached hydrogens (tertiary/aromatic N) is 1. The predicted octanol–water partition coefficient (Wildman–Crippen LogP) is 5.78. The fourth-order valence-corrected chi connectivity index (χ4v) is 2.30. The molecule has 100 valence electrons. The van der Waals surface area contributed by atoms with Crippen LogP contribution in [-0.2, 0) is 0 Å². The Bertz CT molecular complexity index is 649. The lowest BCUT2D eigenvalue weighted by molar-refractivity contribution is 0.450. The Morgan fingerprint density at radius 3 is 2.05 bits per heavy atom. The van der Waals surface area contributed by atoms with Gasteiger partial charge < -0.3 is 0 Å². The van der Waals surface area contributed by atoms with Gasteiger partial charge in [0.25, 0.3) is 5.95 Å². The van der Waals surface area contributed by atoms with E-state index in [4.69, 9.17) is 46.4 Å². The number of hydrogen-bond acceptors (Lipinski definition) is 1. The highest BCUT2D eigenvalue weighted by atomic mass is 35.5. The molecule has 0 saturated carbocycles. The Hall–Kier alpha value is -0.680. The predicted molar refractivity (Wildman–Crippen MR) is 69.6 cm³/mol. The Morgan fingerprint density at radius 1 is 0.789 bits per heavy atom. The zero-order chi connectivity index (χ0) is 14.3. The van der Waals surface area contributed by atoms with Crippen molar-refractivity contribution in [1.29, 1.82) is 0 Å². The number of rotatable bonds is 1. The molecule has 1 aromatic heterocycles. The van der Waals surface area contributed by atoms with Crippen LogP contribution < -0.4 is 0 Å². The van der Waals surface area contributed by atoms with Crippen molar-refractivity contribution < 1.29 is 13.2 Å². The molecule has 0 unspecified atom stereocenters. The highest BCUT2D eigenvalue weighted by Gasteiger charge is 2.23. The lowest BCUT2D eigenvalue weighted by Gasteiger charge is -2.10. The molecular formula is C11H2Cl4F3N. The summed E-state index contributed by atoms with van der Waals surface area (Å²) in [5.74, 6) is -4.40. The van der Waals surface area contributed by atoms with Gasteiger partial charge in [-0.3, -0.25) is 0 Å². The van der Waals surface area contributed by atoms with Crippen LogP contribution in [0.4, 0.5) is 13.2 Å². The molecule has 0 fully saturated rings. The molecule has 0 aliphatic rings. The zero-order valence-corrected chi connectivity index (χ0v) is 11.8. The second kappa shape index (κ2) is 5.37. The third-order valence-electron chi connectivity index (χ3n) is 2.30. The molecule has 0 aliphatic heterocycles. The number of halogens is 7. The van der Waals surface area contributed by atoms with Crippen molar-refractivity contribution in [2.75, 3.05) is 0 Å². The molecule has 0 bridgehead atoms. The first-order chi connectivity index (χ1) is 8.84. The SMILES string of the molecule is Fc1nc(F)c(Cl)c(-c2ccc(Cl)c(Cl)c2Cl)c1F. The van der Waals surface area contributed by atoms with Crippen LogP contribution >= 0.6 is 46.4 Å². The van der Waals surface area contributed by atoms with Crippen molar-refractivity contribution in [2.24, 2.45) is 0 Å². The van der Waals surface area contributed by atoms with Gasteiger partial charge in [0.1, 0.15) is 5.02 Å². The summed E-state index contributed by atoms with van der Waals surface area (Å²) < 4.78 is 40.1. The van der Waals surface area contributed by atoms with Crippen molar-refractivity contribution >= 4 is 46.4 Å². The van der Waals surface area contributed by atoms with E-state index in [0.29, 0.717) is 0 Å². The zero-order valence-electron chi connectivity index (χ0n) is 8.75. The quantitative estimate of drug-likeness (QED) is 0.471. The largest absolute Gasteiger partial charge is 0.252 e. The first kappa shape index (κ1) is 14.7. The molecule has 8 heteroatoms. The molecule has 0 aliphatic carbocycles. The summed E-state index contributed by atoms with van der Waals surface area (Å²) in [7, 11) is 0. The lowest BCUT2D eigenvalue weighted by Crippen LogP contribution is -2.00. The van der Waals surface area contributed by atoms with Crippen LogP contribution in [0.25, 0.3) is 11.1 Å². The molecule has 0 saturated heterocycles. The smallest absolute Gasteiger partial charge is 0.201 e. The van der Waals surface area contributed by atoms with Crippen LogP contribution in [0, 0.1) is 17.7 Å². The summed E-state index contributed by atoms with van der Waals surface area (Å²) in [5, 5.41) is -0.824. The molecule has 2 rings (SSSR count). The van der Waals surface area contributed by atoms with Gasteiger partial charge >= 0.3 is 0 Å². The van der Waals surface area contributed by atoms with Gasteiger partial charge in [-0.05, 0) is 6.07 Å². The maximum absolute atomic E-state index is 13.7. The maximum atomic E-state index is 13.7. The third kappa shape index (κ3) is 2.50. The van der Waals surface area contributed by atoms with Gasteiger partial charge in [-0.1, -0.05) is 52.5 Å². The van der Waals surface area contributed by atoms with Gasteiger partial charge in [-0.2, -0.15) is 13.8 Å². The number of aromatic nitrogens is 1. The summed E-state index contributed by atoms with van der Waals surface area (Å²) in [5.41, 5.74) is -0.644. The minimum Gasteiger partial charge on any atom is -0.201 e. The molecule has 0 spiro atoms. The number of pyridine rings is 1.